The van der Waals surface area contributed by atoms with Gasteiger partial charge in [-0.15, -0.1) is 0 Å². The number of aryl methyl sites for hydroxylation is 2. The van der Waals surface area contributed by atoms with Crippen molar-refractivity contribution < 1.29 is 4.79 Å². The van der Waals surface area contributed by atoms with Crippen LogP contribution in [0.15, 0.2) is 53.3 Å². The first-order valence-corrected chi connectivity index (χ1v) is 16.2. The monoisotopic (exact) mass is 630 g/mol. The first-order chi connectivity index (χ1) is 21.2. The zero-order valence-electron chi connectivity index (χ0n) is 25.4. The van der Waals surface area contributed by atoms with Gasteiger partial charge in [0.15, 0.2) is 5.69 Å². The highest BCUT2D eigenvalue weighted by atomic mass is 35.5. The number of hydrogen-bond acceptors (Lipinski definition) is 8. The maximum absolute atomic E-state index is 13.8. The lowest BCUT2D eigenvalue weighted by molar-refractivity contribution is 0.0980. The maximum Gasteiger partial charge on any atom is 0.281 e. The lowest BCUT2D eigenvalue weighted by Crippen LogP contribution is -2.39. The highest BCUT2D eigenvalue weighted by Gasteiger charge is 2.27. The molecule has 1 aliphatic rings. The summed E-state index contributed by atoms with van der Waals surface area (Å²) in [4.78, 5) is 42.9. The van der Waals surface area contributed by atoms with Gasteiger partial charge in [-0.1, -0.05) is 41.7 Å². The first-order valence-electron chi connectivity index (χ1n) is 14.6. The minimum Gasteiger partial charge on any atom is -0.377 e. The van der Waals surface area contributed by atoms with Crippen LogP contribution in [0.25, 0.3) is 21.9 Å². The molecule has 1 saturated heterocycles. The number of nitrogens with zero attached hydrogens (tertiary/aromatic N) is 6. The molecule has 4 heterocycles. The molecule has 1 unspecified atom stereocenters. The van der Waals surface area contributed by atoms with Crippen LogP contribution in [-0.2, 0) is 7.05 Å². The fourth-order valence-electron chi connectivity index (χ4n) is 6.28. The van der Waals surface area contributed by atoms with E-state index in [4.69, 9.17) is 21.6 Å². The van der Waals surface area contributed by atoms with Crippen molar-refractivity contribution in [3.8, 4) is 0 Å². The van der Waals surface area contributed by atoms with Gasteiger partial charge in [0, 0.05) is 38.0 Å². The van der Waals surface area contributed by atoms with Crippen molar-refractivity contribution in [3.05, 3.63) is 86.7 Å². The standard InChI is InChI=1S/C32H35ClN8O2S/c1-18-16-22(19(2)34-25-10-11-27(33)36-29(25)30(42)38-44-5)28-23(17-18)31(43)39(4)32(37-28)40-14-12-21(13-15-40)41-20(3)35-24-8-6-7-9-26(24)41/h6-11,16-17,19,21,34H,12-15H2,1-5H3,(H,38,42). The van der Waals surface area contributed by atoms with Crippen LogP contribution >= 0.6 is 23.5 Å². The maximum atomic E-state index is 13.8. The molecule has 12 heteroatoms. The van der Waals surface area contributed by atoms with Gasteiger partial charge >= 0.3 is 0 Å². The van der Waals surface area contributed by atoms with Gasteiger partial charge in [-0.2, -0.15) is 0 Å². The molecule has 0 bridgehead atoms. The number of para-hydroxylation sites is 2. The third kappa shape index (κ3) is 5.50. The Balaban J connectivity index is 1.32. The largest absolute Gasteiger partial charge is 0.377 e. The minimum absolute atomic E-state index is 0.0890. The van der Waals surface area contributed by atoms with Crippen molar-refractivity contribution in [2.75, 3.05) is 29.6 Å². The summed E-state index contributed by atoms with van der Waals surface area (Å²) in [7, 11) is 1.80. The average Bonchev–Trinajstić information content (AvgIpc) is 3.35. The second kappa shape index (κ2) is 12.1. The summed E-state index contributed by atoms with van der Waals surface area (Å²) >= 11 is 7.32. The van der Waals surface area contributed by atoms with E-state index < -0.39 is 0 Å². The van der Waals surface area contributed by atoms with Gasteiger partial charge in [0.25, 0.3) is 11.5 Å². The number of halogens is 1. The molecule has 1 fully saturated rings. The molecule has 0 aliphatic carbocycles. The molecule has 6 rings (SSSR count). The molecule has 0 spiro atoms. The lowest BCUT2D eigenvalue weighted by Gasteiger charge is -2.35. The summed E-state index contributed by atoms with van der Waals surface area (Å²) in [5.74, 6) is 1.33. The molecule has 0 saturated carbocycles. The number of benzene rings is 2. The molecule has 44 heavy (non-hydrogen) atoms. The molecule has 5 aromatic rings. The van der Waals surface area contributed by atoms with E-state index in [9.17, 15) is 9.59 Å². The summed E-state index contributed by atoms with van der Waals surface area (Å²) in [5.41, 5.74) is 5.28. The number of imidazole rings is 1. The van der Waals surface area contributed by atoms with Gasteiger partial charge in [0.05, 0.1) is 33.7 Å². The summed E-state index contributed by atoms with van der Waals surface area (Å²) < 4.78 is 6.73. The quantitative estimate of drug-likeness (QED) is 0.167. The van der Waals surface area contributed by atoms with Crippen molar-refractivity contribution in [1.29, 1.82) is 0 Å². The van der Waals surface area contributed by atoms with E-state index >= 15 is 0 Å². The molecule has 2 aromatic carbocycles. The summed E-state index contributed by atoms with van der Waals surface area (Å²) in [6.45, 7) is 7.55. The molecule has 0 radical (unpaired) electrons. The zero-order valence-corrected chi connectivity index (χ0v) is 27.0. The SMILES string of the molecule is CSNC(=O)c1nc(Cl)ccc1NC(C)c1cc(C)cc2c(=O)n(C)c(N3CCC(n4c(C)nc5ccccc54)CC3)nc12. The predicted octanol–water partition coefficient (Wildman–Crippen LogP) is 5.97. The summed E-state index contributed by atoms with van der Waals surface area (Å²) in [5, 5.41) is 4.21. The predicted molar refractivity (Wildman–Crippen MR) is 179 cm³/mol. The third-order valence-electron chi connectivity index (χ3n) is 8.32. The van der Waals surface area contributed by atoms with Crippen LogP contribution in [0, 0.1) is 13.8 Å². The van der Waals surface area contributed by atoms with E-state index in [1.165, 1.54) is 11.9 Å². The van der Waals surface area contributed by atoms with Crippen molar-refractivity contribution in [1.82, 2.24) is 28.8 Å². The van der Waals surface area contributed by atoms with Crippen LogP contribution < -0.4 is 20.5 Å². The Labute approximate surface area is 265 Å². The van der Waals surface area contributed by atoms with E-state index in [2.05, 4.69) is 49.6 Å². The number of anilines is 2. The Morgan fingerprint density at radius 1 is 1.07 bits per heavy atom. The van der Waals surface area contributed by atoms with Crippen LogP contribution in [0.5, 0.6) is 0 Å². The number of piperidine rings is 1. The fraction of sp³-hybridized carbons (Fsp3) is 0.344. The molecular formula is C32H35ClN8O2S. The number of fused-ring (bicyclic) bond motifs is 2. The lowest BCUT2D eigenvalue weighted by atomic mass is 10.0. The average molecular weight is 631 g/mol. The fourth-order valence-corrected chi connectivity index (χ4v) is 6.71. The van der Waals surface area contributed by atoms with Crippen molar-refractivity contribution in [3.63, 3.8) is 0 Å². The number of hydrogen-bond donors (Lipinski definition) is 2. The van der Waals surface area contributed by atoms with Gasteiger partial charge in [0.2, 0.25) is 5.95 Å². The molecule has 1 amide bonds. The minimum atomic E-state index is -0.347. The number of rotatable bonds is 7. The van der Waals surface area contributed by atoms with Gasteiger partial charge in [0.1, 0.15) is 11.0 Å². The molecule has 2 N–H and O–H groups in total. The van der Waals surface area contributed by atoms with Gasteiger partial charge in [-0.25, -0.2) is 15.0 Å². The number of aromatic nitrogens is 5. The summed E-state index contributed by atoms with van der Waals surface area (Å²) in [6.07, 6.45) is 3.60. The van der Waals surface area contributed by atoms with Crippen molar-refractivity contribution in [2.45, 2.75) is 45.7 Å². The molecule has 228 valence electrons. The molecule has 3 aromatic heterocycles. The number of carbonyl (C=O) groups excluding carboxylic acids is 1. The van der Waals surface area contributed by atoms with Crippen LogP contribution in [0.3, 0.4) is 0 Å². The van der Waals surface area contributed by atoms with Crippen LogP contribution in [-0.4, -0.2) is 49.3 Å². The van der Waals surface area contributed by atoms with E-state index in [1.807, 2.05) is 32.0 Å². The number of carbonyl (C=O) groups is 1. The molecular weight excluding hydrogens is 596 g/mol. The molecule has 10 nitrogen and oxygen atoms in total. The van der Waals surface area contributed by atoms with Crippen LogP contribution in [0.4, 0.5) is 11.6 Å². The Kier molecular flexibility index (Phi) is 8.26. The zero-order chi connectivity index (χ0) is 31.1. The molecule has 1 aliphatic heterocycles. The van der Waals surface area contributed by atoms with Crippen LogP contribution in [0.2, 0.25) is 5.15 Å². The Morgan fingerprint density at radius 2 is 1.82 bits per heavy atom. The van der Waals surface area contributed by atoms with E-state index in [-0.39, 0.29) is 28.4 Å². The van der Waals surface area contributed by atoms with E-state index in [0.29, 0.717) is 28.6 Å². The second-order valence-electron chi connectivity index (χ2n) is 11.3. The Bertz CT molecular complexity index is 1950. The van der Waals surface area contributed by atoms with Crippen LogP contribution in [0.1, 0.15) is 59.3 Å². The summed E-state index contributed by atoms with van der Waals surface area (Å²) in [6, 6.07) is 15.6. The Morgan fingerprint density at radius 3 is 2.57 bits per heavy atom. The smallest absolute Gasteiger partial charge is 0.281 e. The van der Waals surface area contributed by atoms with Gasteiger partial charge in [-0.05, 0) is 69.5 Å². The van der Waals surface area contributed by atoms with E-state index in [1.54, 1.807) is 30.0 Å². The third-order valence-corrected chi connectivity index (χ3v) is 8.92. The highest BCUT2D eigenvalue weighted by molar-refractivity contribution is 7.97. The second-order valence-corrected chi connectivity index (χ2v) is 12.3. The normalized spacial score (nSPS) is 14.7. The number of amides is 1. The highest BCUT2D eigenvalue weighted by Crippen LogP contribution is 2.32. The number of pyridine rings is 1. The first kappa shape index (κ1) is 30.0. The van der Waals surface area contributed by atoms with Crippen molar-refractivity contribution in [2.24, 2.45) is 7.05 Å². The number of nitrogens with one attached hydrogen (secondary N) is 2. The van der Waals surface area contributed by atoms with Crippen molar-refractivity contribution >= 4 is 63.0 Å². The topological polar surface area (TPSA) is 110 Å². The van der Waals surface area contributed by atoms with Gasteiger partial charge in [-0.3, -0.25) is 18.9 Å². The Hall–Kier alpha value is -4.09. The van der Waals surface area contributed by atoms with Gasteiger partial charge < -0.3 is 14.8 Å². The molecule has 1 atom stereocenters. The van der Waals surface area contributed by atoms with E-state index in [0.717, 1.165) is 53.9 Å².